The van der Waals surface area contributed by atoms with Crippen molar-refractivity contribution in [2.24, 2.45) is 0 Å². The SMILES string of the molecule is CCOc1ccccc1CNC(=O)c1cc(-c2cccs2)nc2ccccc12. The van der Waals surface area contributed by atoms with Gasteiger partial charge in [0, 0.05) is 17.5 Å². The molecule has 4 aromatic rings. The van der Waals surface area contributed by atoms with E-state index in [0.717, 1.165) is 32.8 Å². The summed E-state index contributed by atoms with van der Waals surface area (Å²) in [6.45, 7) is 2.94. The molecule has 5 heteroatoms. The molecule has 0 aliphatic heterocycles. The molecule has 0 aliphatic rings. The minimum absolute atomic E-state index is 0.122. The Labute approximate surface area is 167 Å². The zero-order valence-corrected chi connectivity index (χ0v) is 16.3. The predicted octanol–water partition coefficient (Wildman–Crippen LogP) is 5.29. The standard InChI is InChI=1S/C23H20N2O2S/c1-2-27-21-11-6-3-8-16(21)15-24-23(26)18-14-20(22-12-7-13-28-22)25-19-10-5-4-9-17(18)19/h3-14H,2,15H2,1H3,(H,24,26). The lowest BCUT2D eigenvalue weighted by atomic mass is 10.1. The average Bonchev–Trinajstić information content (AvgIpc) is 3.27. The van der Waals surface area contributed by atoms with E-state index in [9.17, 15) is 4.79 Å². The number of thiophene rings is 1. The fourth-order valence-electron chi connectivity index (χ4n) is 3.13. The summed E-state index contributed by atoms with van der Waals surface area (Å²) in [6.07, 6.45) is 0. The topological polar surface area (TPSA) is 51.2 Å². The van der Waals surface area contributed by atoms with Crippen LogP contribution < -0.4 is 10.1 Å². The van der Waals surface area contributed by atoms with E-state index >= 15 is 0 Å². The van der Waals surface area contributed by atoms with Gasteiger partial charge in [0.2, 0.25) is 0 Å². The fourth-order valence-corrected chi connectivity index (χ4v) is 3.82. The Hall–Kier alpha value is -3.18. The molecule has 2 heterocycles. The van der Waals surface area contributed by atoms with Crippen molar-refractivity contribution in [3.05, 3.63) is 83.2 Å². The molecule has 0 unspecified atom stereocenters. The zero-order chi connectivity index (χ0) is 19.3. The average molecular weight is 388 g/mol. The van der Waals surface area contributed by atoms with Crippen molar-refractivity contribution >= 4 is 28.1 Å². The molecule has 1 N–H and O–H groups in total. The zero-order valence-electron chi connectivity index (χ0n) is 15.5. The van der Waals surface area contributed by atoms with Gasteiger partial charge in [0.25, 0.3) is 5.91 Å². The van der Waals surface area contributed by atoms with Gasteiger partial charge in [-0.1, -0.05) is 42.5 Å². The van der Waals surface area contributed by atoms with Gasteiger partial charge in [-0.3, -0.25) is 4.79 Å². The molecule has 0 fully saturated rings. The smallest absolute Gasteiger partial charge is 0.252 e. The first kappa shape index (κ1) is 18.2. The molecule has 0 spiro atoms. The largest absolute Gasteiger partial charge is 0.494 e. The number of carbonyl (C=O) groups excluding carboxylic acids is 1. The van der Waals surface area contributed by atoms with Crippen LogP contribution in [0.5, 0.6) is 5.75 Å². The Balaban J connectivity index is 1.66. The Kier molecular flexibility index (Phi) is 5.35. The molecule has 4 rings (SSSR count). The number of amides is 1. The van der Waals surface area contributed by atoms with Crippen molar-refractivity contribution in [2.45, 2.75) is 13.5 Å². The second-order valence-electron chi connectivity index (χ2n) is 6.27. The van der Waals surface area contributed by atoms with Gasteiger partial charge in [-0.2, -0.15) is 0 Å². The van der Waals surface area contributed by atoms with Gasteiger partial charge in [-0.05, 0) is 36.6 Å². The molecule has 0 aliphatic carbocycles. The second kappa shape index (κ2) is 8.23. The Morgan fingerprint density at radius 3 is 2.71 bits per heavy atom. The Bertz CT molecular complexity index is 1110. The first-order chi connectivity index (χ1) is 13.8. The maximum atomic E-state index is 13.0. The normalized spacial score (nSPS) is 10.8. The number of ether oxygens (including phenoxy) is 1. The molecule has 2 aromatic heterocycles. The van der Waals surface area contributed by atoms with Crippen molar-refractivity contribution in [3.8, 4) is 16.3 Å². The van der Waals surface area contributed by atoms with Crippen LogP contribution in [0.4, 0.5) is 0 Å². The molecule has 4 nitrogen and oxygen atoms in total. The highest BCUT2D eigenvalue weighted by atomic mass is 32.1. The van der Waals surface area contributed by atoms with E-state index in [-0.39, 0.29) is 5.91 Å². The third kappa shape index (κ3) is 3.75. The number of rotatable bonds is 6. The fraction of sp³-hybridized carbons (Fsp3) is 0.130. The molecule has 0 saturated heterocycles. The van der Waals surface area contributed by atoms with Crippen LogP contribution in [-0.4, -0.2) is 17.5 Å². The summed E-state index contributed by atoms with van der Waals surface area (Å²) in [5, 5.41) is 5.89. The van der Waals surface area contributed by atoms with Crippen LogP contribution in [-0.2, 0) is 6.54 Å². The van der Waals surface area contributed by atoms with Gasteiger partial charge in [0.15, 0.2) is 0 Å². The summed E-state index contributed by atoms with van der Waals surface area (Å²) in [7, 11) is 0. The lowest BCUT2D eigenvalue weighted by molar-refractivity contribution is 0.0952. The minimum Gasteiger partial charge on any atom is -0.494 e. The van der Waals surface area contributed by atoms with E-state index in [2.05, 4.69) is 5.32 Å². The lowest BCUT2D eigenvalue weighted by Gasteiger charge is -2.12. The van der Waals surface area contributed by atoms with Crippen molar-refractivity contribution in [1.82, 2.24) is 10.3 Å². The lowest BCUT2D eigenvalue weighted by Crippen LogP contribution is -2.23. The highest BCUT2D eigenvalue weighted by molar-refractivity contribution is 7.13. The van der Waals surface area contributed by atoms with E-state index < -0.39 is 0 Å². The number of pyridine rings is 1. The summed E-state index contributed by atoms with van der Waals surface area (Å²) >= 11 is 1.61. The number of nitrogens with zero attached hydrogens (tertiary/aromatic N) is 1. The number of hydrogen-bond donors (Lipinski definition) is 1. The number of hydrogen-bond acceptors (Lipinski definition) is 4. The van der Waals surface area contributed by atoms with E-state index in [1.54, 1.807) is 11.3 Å². The molecule has 0 atom stereocenters. The van der Waals surface area contributed by atoms with E-state index in [1.165, 1.54) is 0 Å². The molecule has 1 amide bonds. The third-order valence-electron chi connectivity index (χ3n) is 4.45. The number of carbonyl (C=O) groups is 1. The molecular weight excluding hydrogens is 368 g/mol. The minimum atomic E-state index is -0.122. The third-order valence-corrected chi connectivity index (χ3v) is 5.34. The number of nitrogens with one attached hydrogen (secondary N) is 1. The number of benzene rings is 2. The van der Waals surface area contributed by atoms with Crippen molar-refractivity contribution < 1.29 is 9.53 Å². The Morgan fingerprint density at radius 2 is 1.89 bits per heavy atom. The first-order valence-electron chi connectivity index (χ1n) is 9.19. The van der Waals surface area contributed by atoms with Crippen LogP contribution in [0.1, 0.15) is 22.8 Å². The van der Waals surface area contributed by atoms with Crippen LogP contribution in [0.15, 0.2) is 72.1 Å². The molecule has 28 heavy (non-hydrogen) atoms. The van der Waals surface area contributed by atoms with Gasteiger partial charge in [-0.25, -0.2) is 4.98 Å². The molecule has 2 aromatic carbocycles. The summed E-state index contributed by atoms with van der Waals surface area (Å²) in [5.74, 6) is 0.673. The maximum absolute atomic E-state index is 13.0. The highest BCUT2D eigenvalue weighted by Crippen LogP contribution is 2.28. The first-order valence-corrected chi connectivity index (χ1v) is 10.1. The van der Waals surface area contributed by atoms with Crippen LogP contribution in [0.25, 0.3) is 21.5 Å². The van der Waals surface area contributed by atoms with Crippen LogP contribution in [0, 0.1) is 0 Å². The van der Waals surface area contributed by atoms with Gasteiger partial charge >= 0.3 is 0 Å². The summed E-state index contributed by atoms with van der Waals surface area (Å²) < 4.78 is 5.65. The van der Waals surface area contributed by atoms with Crippen molar-refractivity contribution in [1.29, 1.82) is 0 Å². The summed E-state index contributed by atoms with van der Waals surface area (Å²) in [4.78, 5) is 18.8. The van der Waals surface area contributed by atoms with E-state index in [1.807, 2.05) is 79.0 Å². The second-order valence-corrected chi connectivity index (χ2v) is 7.22. The van der Waals surface area contributed by atoms with Crippen LogP contribution in [0.3, 0.4) is 0 Å². The summed E-state index contributed by atoms with van der Waals surface area (Å²) in [6, 6.07) is 21.4. The molecule has 0 radical (unpaired) electrons. The number of fused-ring (bicyclic) bond motifs is 1. The molecule has 140 valence electrons. The van der Waals surface area contributed by atoms with Gasteiger partial charge < -0.3 is 10.1 Å². The van der Waals surface area contributed by atoms with Gasteiger partial charge in [-0.15, -0.1) is 11.3 Å². The van der Waals surface area contributed by atoms with Gasteiger partial charge in [0.05, 0.1) is 28.3 Å². The monoisotopic (exact) mass is 388 g/mol. The molecule has 0 bridgehead atoms. The number of aromatic nitrogens is 1. The van der Waals surface area contributed by atoms with Crippen molar-refractivity contribution in [3.63, 3.8) is 0 Å². The molecule has 0 saturated carbocycles. The van der Waals surface area contributed by atoms with Crippen molar-refractivity contribution in [2.75, 3.05) is 6.61 Å². The van der Waals surface area contributed by atoms with Crippen LogP contribution >= 0.6 is 11.3 Å². The van der Waals surface area contributed by atoms with E-state index in [0.29, 0.717) is 18.7 Å². The van der Waals surface area contributed by atoms with Crippen LogP contribution in [0.2, 0.25) is 0 Å². The maximum Gasteiger partial charge on any atom is 0.252 e. The van der Waals surface area contributed by atoms with E-state index in [4.69, 9.17) is 9.72 Å². The predicted molar refractivity (Wildman–Crippen MR) is 114 cm³/mol. The highest BCUT2D eigenvalue weighted by Gasteiger charge is 2.15. The van der Waals surface area contributed by atoms with Gasteiger partial charge in [0.1, 0.15) is 5.75 Å². The quantitative estimate of drug-likeness (QED) is 0.488. The molecular formula is C23H20N2O2S. The Morgan fingerprint density at radius 1 is 1.07 bits per heavy atom. The number of para-hydroxylation sites is 2. The summed E-state index contributed by atoms with van der Waals surface area (Å²) in [5.41, 5.74) is 3.21.